The van der Waals surface area contributed by atoms with Crippen LogP contribution in [0.15, 0.2) is 23.1 Å². The number of benzene rings is 1. The zero-order valence-electron chi connectivity index (χ0n) is 8.42. The van der Waals surface area contributed by atoms with Gasteiger partial charge in [-0.3, -0.25) is 4.79 Å². The summed E-state index contributed by atoms with van der Waals surface area (Å²) < 4.78 is 0. The second kappa shape index (κ2) is 5.88. The van der Waals surface area contributed by atoms with Crippen molar-refractivity contribution in [1.29, 1.82) is 0 Å². The molecule has 3 nitrogen and oxygen atoms in total. The number of halogens is 1. The van der Waals surface area contributed by atoms with Crippen LogP contribution in [0.2, 0.25) is 5.02 Å². The Kier molecular flexibility index (Phi) is 4.78. The topological polar surface area (TPSA) is 55.1 Å². The average molecular weight is 245 g/mol. The van der Waals surface area contributed by atoms with Crippen molar-refractivity contribution in [3.05, 3.63) is 23.2 Å². The summed E-state index contributed by atoms with van der Waals surface area (Å²) in [6, 6.07) is 5.24. The highest BCUT2D eigenvalue weighted by Gasteiger charge is 2.05. The molecule has 0 aliphatic rings. The van der Waals surface area contributed by atoms with Crippen LogP contribution in [-0.2, 0) is 4.79 Å². The first-order valence-electron chi connectivity index (χ1n) is 4.58. The number of rotatable bonds is 4. The smallest absolute Gasteiger partial charge is 0.230 e. The van der Waals surface area contributed by atoms with Gasteiger partial charge in [-0.15, -0.1) is 11.8 Å². The van der Waals surface area contributed by atoms with E-state index in [-0.39, 0.29) is 5.91 Å². The molecule has 0 saturated heterocycles. The zero-order chi connectivity index (χ0) is 11.3. The SMILES string of the molecule is CCNC(=O)CSc1cc(N)ccc1Cl. The number of hydrogen-bond acceptors (Lipinski definition) is 3. The molecule has 0 aromatic heterocycles. The van der Waals surface area contributed by atoms with E-state index in [1.807, 2.05) is 6.92 Å². The Morgan fingerprint density at radius 1 is 1.60 bits per heavy atom. The Hall–Kier alpha value is -0.870. The van der Waals surface area contributed by atoms with Crippen molar-refractivity contribution in [2.45, 2.75) is 11.8 Å². The number of nitrogen functional groups attached to an aromatic ring is 1. The summed E-state index contributed by atoms with van der Waals surface area (Å²) in [5.41, 5.74) is 6.27. The fourth-order valence-corrected chi connectivity index (χ4v) is 2.12. The molecule has 5 heteroatoms. The van der Waals surface area contributed by atoms with Gasteiger partial charge in [0.25, 0.3) is 0 Å². The molecule has 3 N–H and O–H groups in total. The molecular weight excluding hydrogens is 232 g/mol. The van der Waals surface area contributed by atoms with Crippen LogP contribution in [0.4, 0.5) is 5.69 Å². The largest absolute Gasteiger partial charge is 0.399 e. The molecule has 0 heterocycles. The quantitative estimate of drug-likeness (QED) is 0.630. The first-order chi connectivity index (χ1) is 7.13. The Morgan fingerprint density at radius 2 is 2.33 bits per heavy atom. The van der Waals surface area contributed by atoms with Crippen LogP contribution in [0.25, 0.3) is 0 Å². The molecule has 0 radical (unpaired) electrons. The highest BCUT2D eigenvalue weighted by atomic mass is 35.5. The summed E-state index contributed by atoms with van der Waals surface area (Å²) in [5.74, 6) is 0.359. The molecule has 0 aliphatic carbocycles. The van der Waals surface area contributed by atoms with E-state index in [1.54, 1.807) is 18.2 Å². The molecule has 0 unspecified atom stereocenters. The molecule has 0 fully saturated rings. The molecule has 1 aromatic carbocycles. The van der Waals surface area contributed by atoms with E-state index in [0.717, 1.165) is 4.90 Å². The minimum Gasteiger partial charge on any atom is -0.399 e. The van der Waals surface area contributed by atoms with Gasteiger partial charge in [-0.2, -0.15) is 0 Å². The normalized spacial score (nSPS) is 10.0. The number of amides is 1. The fraction of sp³-hybridized carbons (Fsp3) is 0.300. The third-order valence-electron chi connectivity index (χ3n) is 1.69. The number of nitrogens with one attached hydrogen (secondary N) is 1. The summed E-state index contributed by atoms with van der Waals surface area (Å²) >= 11 is 7.33. The molecule has 15 heavy (non-hydrogen) atoms. The molecule has 0 saturated carbocycles. The molecule has 1 rings (SSSR count). The predicted molar refractivity (Wildman–Crippen MR) is 65.3 cm³/mol. The van der Waals surface area contributed by atoms with Crippen molar-refractivity contribution >= 4 is 35.0 Å². The van der Waals surface area contributed by atoms with Gasteiger partial charge in [-0.25, -0.2) is 0 Å². The molecule has 1 aromatic rings. The van der Waals surface area contributed by atoms with E-state index < -0.39 is 0 Å². The lowest BCUT2D eigenvalue weighted by Gasteiger charge is -2.05. The number of nitrogens with two attached hydrogens (primary N) is 1. The lowest BCUT2D eigenvalue weighted by atomic mass is 10.3. The maximum Gasteiger partial charge on any atom is 0.230 e. The van der Waals surface area contributed by atoms with Gasteiger partial charge in [0.2, 0.25) is 5.91 Å². The van der Waals surface area contributed by atoms with Gasteiger partial charge in [0, 0.05) is 17.1 Å². The molecule has 82 valence electrons. The van der Waals surface area contributed by atoms with Gasteiger partial charge in [-0.05, 0) is 25.1 Å². The van der Waals surface area contributed by atoms with E-state index in [4.69, 9.17) is 17.3 Å². The van der Waals surface area contributed by atoms with E-state index >= 15 is 0 Å². The van der Waals surface area contributed by atoms with Crippen molar-refractivity contribution in [3.63, 3.8) is 0 Å². The Bertz CT molecular complexity index is 357. The minimum atomic E-state index is 0.000918. The van der Waals surface area contributed by atoms with Gasteiger partial charge in [0.05, 0.1) is 10.8 Å². The second-order valence-electron chi connectivity index (χ2n) is 2.93. The highest BCUT2D eigenvalue weighted by Crippen LogP contribution is 2.28. The number of carbonyl (C=O) groups is 1. The first-order valence-corrected chi connectivity index (χ1v) is 5.94. The molecule has 1 amide bonds. The van der Waals surface area contributed by atoms with E-state index in [1.165, 1.54) is 11.8 Å². The summed E-state index contributed by atoms with van der Waals surface area (Å²) in [4.78, 5) is 12.0. The maximum atomic E-state index is 11.2. The maximum absolute atomic E-state index is 11.2. The van der Waals surface area contributed by atoms with Gasteiger partial charge in [0.15, 0.2) is 0 Å². The standard InChI is InChI=1S/C10H13ClN2OS/c1-2-13-10(14)6-15-9-5-7(12)3-4-8(9)11/h3-5H,2,6,12H2,1H3,(H,13,14). The Morgan fingerprint density at radius 3 is 3.00 bits per heavy atom. The summed E-state index contributed by atoms with van der Waals surface area (Å²) in [7, 11) is 0. The van der Waals surface area contributed by atoms with Crippen molar-refractivity contribution in [2.75, 3.05) is 18.0 Å². The lowest BCUT2D eigenvalue weighted by molar-refractivity contribution is -0.118. The second-order valence-corrected chi connectivity index (χ2v) is 4.36. The first kappa shape index (κ1) is 12.2. The number of thioether (sulfide) groups is 1. The van der Waals surface area contributed by atoms with Gasteiger partial charge in [0.1, 0.15) is 0 Å². The predicted octanol–water partition coefficient (Wildman–Crippen LogP) is 2.15. The van der Waals surface area contributed by atoms with Crippen LogP contribution < -0.4 is 11.1 Å². The molecule has 0 aliphatic heterocycles. The molecule has 0 atom stereocenters. The molecule has 0 bridgehead atoms. The van der Waals surface area contributed by atoms with Crippen molar-refractivity contribution in [2.24, 2.45) is 0 Å². The minimum absolute atomic E-state index is 0.000918. The Balaban J connectivity index is 2.57. The monoisotopic (exact) mass is 244 g/mol. The van der Waals surface area contributed by atoms with Gasteiger partial charge < -0.3 is 11.1 Å². The third-order valence-corrected chi connectivity index (χ3v) is 3.18. The number of anilines is 1. The highest BCUT2D eigenvalue weighted by molar-refractivity contribution is 8.00. The van der Waals surface area contributed by atoms with Crippen molar-refractivity contribution < 1.29 is 4.79 Å². The van der Waals surface area contributed by atoms with Gasteiger partial charge in [-0.1, -0.05) is 11.6 Å². The fourth-order valence-electron chi connectivity index (χ4n) is 1.02. The van der Waals surface area contributed by atoms with Crippen molar-refractivity contribution in [1.82, 2.24) is 5.32 Å². The number of carbonyl (C=O) groups excluding carboxylic acids is 1. The Labute approximate surface area is 98.4 Å². The summed E-state index contributed by atoms with van der Waals surface area (Å²) in [5, 5.41) is 3.34. The van der Waals surface area contributed by atoms with Crippen LogP contribution in [0, 0.1) is 0 Å². The van der Waals surface area contributed by atoms with E-state index in [9.17, 15) is 4.79 Å². The molecule has 0 spiro atoms. The van der Waals surface area contributed by atoms with E-state index in [0.29, 0.717) is 23.0 Å². The summed E-state index contributed by atoms with van der Waals surface area (Å²) in [6.45, 7) is 2.53. The molecular formula is C10H13ClN2OS. The van der Waals surface area contributed by atoms with E-state index in [2.05, 4.69) is 5.32 Å². The zero-order valence-corrected chi connectivity index (χ0v) is 9.99. The summed E-state index contributed by atoms with van der Waals surface area (Å²) in [6.07, 6.45) is 0. The van der Waals surface area contributed by atoms with Gasteiger partial charge >= 0.3 is 0 Å². The third kappa shape index (κ3) is 4.01. The lowest BCUT2D eigenvalue weighted by Crippen LogP contribution is -2.24. The van der Waals surface area contributed by atoms with Crippen LogP contribution in [0.3, 0.4) is 0 Å². The number of hydrogen-bond donors (Lipinski definition) is 2. The average Bonchev–Trinajstić information content (AvgIpc) is 2.20. The van der Waals surface area contributed by atoms with Crippen LogP contribution >= 0.6 is 23.4 Å². The van der Waals surface area contributed by atoms with Crippen LogP contribution in [0.5, 0.6) is 0 Å². The van der Waals surface area contributed by atoms with Crippen molar-refractivity contribution in [3.8, 4) is 0 Å². The van der Waals surface area contributed by atoms with Crippen LogP contribution in [0.1, 0.15) is 6.92 Å². The van der Waals surface area contributed by atoms with Crippen LogP contribution in [-0.4, -0.2) is 18.2 Å².